The average Bonchev–Trinajstić information content (AvgIpc) is 2.37. The molecule has 2 rings (SSSR count). The van der Waals surface area contributed by atoms with Gasteiger partial charge in [-0.25, -0.2) is 0 Å². The minimum absolute atomic E-state index is 0.0465. The van der Waals surface area contributed by atoms with Crippen LogP contribution < -0.4 is 0 Å². The van der Waals surface area contributed by atoms with E-state index in [2.05, 4.69) is 141 Å². The molecule has 0 amide bonds. The Morgan fingerprint density at radius 1 is 0.950 bits per heavy atom. The van der Waals surface area contributed by atoms with Gasteiger partial charge in [-0.2, -0.15) is 0 Å². The van der Waals surface area contributed by atoms with Gasteiger partial charge >= 0.3 is 0 Å². The van der Waals surface area contributed by atoms with Gasteiger partial charge in [-0.1, -0.05) is 32.0 Å². The van der Waals surface area contributed by atoms with Crippen LogP contribution >= 0.6 is 90.4 Å². The molecule has 0 aliphatic rings. The monoisotopic (exact) mass is 713 g/mol. The lowest BCUT2D eigenvalue weighted by molar-refractivity contribution is 0.568. The summed E-state index contributed by atoms with van der Waals surface area (Å²) in [6.07, 6.45) is 0.847. The minimum Gasteiger partial charge on any atom is -0.0619 e. The van der Waals surface area contributed by atoms with Gasteiger partial charge in [-0.3, -0.25) is 0 Å². The first-order chi connectivity index (χ1) is 9.40. The zero-order valence-corrected chi connectivity index (χ0v) is 19.5. The third-order valence-corrected chi connectivity index (χ3v) is 6.79. The van der Waals surface area contributed by atoms with E-state index in [4.69, 9.17) is 0 Å². The first kappa shape index (κ1) is 17.7. The maximum absolute atomic E-state index is 4.24. The van der Waals surface area contributed by atoms with Gasteiger partial charge in [0.2, 0.25) is 0 Å². The van der Waals surface area contributed by atoms with E-state index in [-0.39, 0.29) is 5.41 Å². The molecule has 0 aliphatic heterocycles. The highest BCUT2D eigenvalue weighted by Crippen LogP contribution is 2.42. The van der Waals surface area contributed by atoms with E-state index in [1.54, 1.807) is 0 Å². The van der Waals surface area contributed by atoms with Crippen molar-refractivity contribution >= 4 is 90.4 Å². The maximum Gasteiger partial charge on any atom is 0.0206 e. The topological polar surface area (TPSA) is 0 Å². The third kappa shape index (κ3) is 3.47. The van der Waals surface area contributed by atoms with Crippen molar-refractivity contribution in [1.29, 1.82) is 0 Å². The van der Waals surface area contributed by atoms with Crippen LogP contribution in [0.25, 0.3) is 0 Å². The lowest BCUT2D eigenvalue weighted by atomic mass is 9.74. The normalized spacial score (nSPS) is 14.1. The van der Waals surface area contributed by atoms with E-state index < -0.39 is 0 Å². The van der Waals surface area contributed by atoms with Crippen LogP contribution in [0.5, 0.6) is 0 Å². The lowest BCUT2D eigenvalue weighted by Gasteiger charge is -2.33. The molecule has 2 aromatic carbocycles. The summed E-state index contributed by atoms with van der Waals surface area (Å²) >= 11 is 9.73. The average molecular weight is 713 g/mol. The standard InChI is InChI=1S/C16H13I4/c1-3-16(2,11-6-4-5-7-12(11)18)15-13(19)8-10(17)9-14(15)20/h4-9H,1,3H2,2H3. The fourth-order valence-corrected chi connectivity index (χ4v) is 8.13. The molecule has 0 heterocycles. The fourth-order valence-electron chi connectivity index (χ4n) is 2.37. The summed E-state index contributed by atoms with van der Waals surface area (Å²) in [7, 11) is 0. The molecule has 1 unspecified atom stereocenters. The number of halogens is 4. The smallest absolute Gasteiger partial charge is 0.0206 e. The van der Waals surface area contributed by atoms with E-state index >= 15 is 0 Å². The van der Waals surface area contributed by atoms with Crippen molar-refractivity contribution < 1.29 is 0 Å². The van der Waals surface area contributed by atoms with E-state index in [9.17, 15) is 0 Å². The molecule has 0 saturated heterocycles. The van der Waals surface area contributed by atoms with E-state index in [0.717, 1.165) is 6.42 Å². The number of benzene rings is 2. The van der Waals surface area contributed by atoms with Crippen molar-refractivity contribution in [2.75, 3.05) is 0 Å². The first-order valence-corrected chi connectivity index (χ1v) is 10.4. The summed E-state index contributed by atoms with van der Waals surface area (Å²) in [5, 5.41) is 0. The van der Waals surface area contributed by atoms with E-state index in [1.807, 2.05) is 0 Å². The predicted octanol–water partition coefficient (Wildman–Crippen LogP) is 6.64. The van der Waals surface area contributed by atoms with Crippen LogP contribution in [0.2, 0.25) is 0 Å². The van der Waals surface area contributed by atoms with E-state index in [0.29, 0.717) is 0 Å². The second-order valence-electron chi connectivity index (χ2n) is 4.81. The largest absolute Gasteiger partial charge is 0.0619 e. The summed E-state index contributed by atoms with van der Waals surface area (Å²) in [4.78, 5) is 0. The molecule has 0 fully saturated rings. The quantitative estimate of drug-likeness (QED) is 0.314. The van der Waals surface area contributed by atoms with Gasteiger partial charge in [0.25, 0.3) is 0 Å². The van der Waals surface area contributed by atoms with Crippen LogP contribution in [0.15, 0.2) is 36.4 Å². The van der Waals surface area contributed by atoms with E-state index in [1.165, 1.54) is 25.4 Å². The molecule has 0 saturated carbocycles. The predicted molar refractivity (Wildman–Crippen MR) is 120 cm³/mol. The van der Waals surface area contributed by atoms with Crippen LogP contribution in [-0.2, 0) is 5.41 Å². The first-order valence-electron chi connectivity index (χ1n) is 6.09. The molecule has 2 aromatic rings. The Hall–Kier alpha value is 1.36. The minimum atomic E-state index is -0.0465. The molecule has 0 aromatic heterocycles. The lowest BCUT2D eigenvalue weighted by Crippen LogP contribution is -2.26. The zero-order chi connectivity index (χ0) is 14.9. The molecule has 0 nitrogen and oxygen atoms in total. The summed E-state index contributed by atoms with van der Waals surface area (Å²) in [5.41, 5.74) is 2.72. The van der Waals surface area contributed by atoms with Crippen molar-refractivity contribution in [1.82, 2.24) is 0 Å². The Balaban J connectivity index is 2.72. The molecule has 1 radical (unpaired) electrons. The maximum atomic E-state index is 4.24. The van der Waals surface area contributed by atoms with Crippen LogP contribution in [0.1, 0.15) is 24.5 Å². The summed E-state index contributed by atoms with van der Waals surface area (Å²) in [6.45, 7) is 6.55. The Morgan fingerprint density at radius 2 is 1.50 bits per heavy atom. The van der Waals surface area contributed by atoms with Crippen molar-refractivity contribution in [3.8, 4) is 0 Å². The van der Waals surface area contributed by atoms with Gasteiger partial charge < -0.3 is 0 Å². The zero-order valence-electron chi connectivity index (χ0n) is 10.9. The highest BCUT2D eigenvalue weighted by molar-refractivity contribution is 14.1. The van der Waals surface area contributed by atoms with Gasteiger partial charge in [0.1, 0.15) is 0 Å². The second-order valence-corrected chi connectivity index (χ2v) is 9.54. The molecule has 4 heteroatoms. The van der Waals surface area contributed by atoms with Gasteiger partial charge in [-0.05, 0) is 126 Å². The Kier molecular flexibility index (Phi) is 6.45. The van der Waals surface area contributed by atoms with Crippen LogP contribution in [0.3, 0.4) is 0 Å². The summed E-state index contributed by atoms with van der Waals surface area (Å²) < 4.78 is 5.24. The molecule has 0 bridgehead atoms. The van der Waals surface area contributed by atoms with Crippen molar-refractivity contribution in [2.45, 2.75) is 18.8 Å². The molecule has 0 aliphatic carbocycles. The molecular weight excluding hydrogens is 700 g/mol. The molecule has 105 valence electrons. The summed E-state index contributed by atoms with van der Waals surface area (Å²) in [6, 6.07) is 13.1. The molecular formula is C16H13I4. The molecule has 1 atom stereocenters. The van der Waals surface area contributed by atoms with Crippen molar-refractivity contribution in [2.24, 2.45) is 0 Å². The Labute approximate surface area is 175 Å². The van der Waals surface area contributed by atoms with Gasteiger partial charge in [-0.15, -0.1) is 0 Å². The SMILES string of the molecule is [CH2]CC(C)(c1ccccc1I)c1c(I)cc(I)cc1I. The van der Waals surface area contributed by atoms with Gasteiger partial charge in [0.15, 0.2) is 0 Å². The van der Waals surface area contributed by atoms with Crippen LogP contribution in [0, 0.1) is 21.2 Å². The Bertz CT molecular complexity index is 613. The van der Waals surface area contributed by atoms with Crippen LogP contribution in [0.4, 0.5) is 0 Å². The highest BCUT2D eigenvalue weighted by Gasteiger charge is 2.32. The van der Waals surface area contributed by atoms with Crippen LogP contribution in [-0.4, -0.2) is 0 Å². The van der Waals surface area contributed by atoms with Gasteiger partial charge in [0, 0.05) is 19.7 Å². The number of hydrogen-bond donors (Lipinski definition) is 0. The fraction of sp³-hybridized carbons (Fsp3) is 0.188. The molecule has 0 N–H and O–H groups in total. The molecule has 0 spiro atoms. The summed E-state index contributed by atoms with van der Waals surface area (Å²) in [5.74, 6) is 0. The van der Waals surface area contributed by atoms with Crippen molar-refractivity contribution in [3.63, 3.8) is 0 Å². The molecule has 20 heavy (non-hydrogen) atoms. The number of hydrogen-bond acceptors (Lipinski definition) is 0. The highest BCUT2D eigenvalue weighted by atomic mass is 127. The Morgan fingerprint density at radius 3 is 2.00 bits per heavy atom. The second kappa shape index (κ2) is 7.29. The number of rotatable bonds is 3. The third-order valence-electron chi connectivity index (χ3n) is 3.53. The van der Waals surface area contributed by atoms with Gasteiger partial charge in [0.05, 0.1) is 0 Å². The van der Waals surface area contributed by atoms with Crippen molar-refractivity contribution in [3.05, 3.63) is 68.7 Å².